The van der Waals surface area contributed by atoms with E-state index in [1.54, 1.807) is 18.2 Å². The Kier molecular flexibility index (Phi) is 4.10. The van der Waals surface area contributed by atoms with E-state index in [0.29, 0.717) is 18.2 Å². The lowest BCUT2D eigenvalue weighted by molar-refractivity contribution is -0.115. The van der Waals surface area contributed by atoms with Gasteiger partial charge in [0.1, 0.15) is 6.42 Å². The summed E-state index contributed by atoms with van der Waals surface area (Å²) in [6, 6.07) is 5.09. The molecule has 1 N–H and O–H groups in total. The zero-order valence-corrected chi connectivity index (χ0v) is 8.36. The lowest BCUT2D eigenvalue weighted by atomic mass is 10.3. The lowest BCUT2D eigenvalue weighted by Crippen LogP contribution is -2.10. The van der Waals surface area contributed by atoms with Gasteiger partial charge in [0.25, 0.3) is 0 Å². The Hall–Kier alpha value is -2.09. The minimum Gasteiger partial charge on any atom is -0.478 e. The van der Waals surface area contributed by atoms with E-state index in [1.165, 1.54) is 6.20 Å². The van der Waals surface area contributed by atoms with Gasteiger partial charge in [-0.25, -0.2) is 4.98 Å². The number of hydrogen-bond acceptors (Lipinski definition) is 4. The number of ether oxygens (including phenoxy) is 1. The molecule has 0 radical (unpaired) electrons. The largest absolute Gasteiger partial charge is 0.478 e. The molecule has 1 amide bonds. The van der Waals surface area contributed by atoms with Crippen molar-refractivity contribution < 1.29 is 9.53 Å². The fourth-order valence-electron chi connectivity index (χ4n) is 0.964. The maximum absolute atomic E-state index is 11.0. The topological polar surface area (TPSA) is 75.0 Å². The van der Waals surface area contributed by atoms with Gasteiger partial charge >= 0.3 is 0 Å². The molecule has 0 atom stereocenters. The predicted molar refractivity (Wildman–Crippen MR) is 54.3 cm³/mol. The second-order valence-corrected chi connectivity index (χ2v) is 2.70. The number of carbonyl (C=O) groups is 1. The van der Waals surface area contributed by atoms with Crippen LogP contribution in [0.3, 0.4) is 0 Å². The molecule has 5 heteroatoms. The number of nitriles is 1. The Labute approximate surface area is 87.7 Å². The molecule has 5 nitrogen and oxygen atoms in total. The Balaban J connectivity index is 2.57. The summed E-state index contributed by atoms with van der Waals surface area (Å²) < 4.78 is 5.14. The van der Waals surface area contributed by atoms with Crippen LogP contribution in [0, 0.1) is 11.3 Å². The third kappa shape index (κ3) is 3.65. The van der Waals surface area contributed by atoms with Crippen LogP contribution in [0.1, 0.15) is 13.3 Å². The smallest absolute Gasteiger partial charge is 0.238 e. The van der Waals surface area contributed by atoms with Crippen LogP contribution < -0.4 is 10.1 Å². The number of nitrogens with zero attached hydrogens (tertiary/aromatic N) is 2. The Bertz CT molecular complexity index is 367. The van der Waals surface area contributed by atoms with E-state index in [0.717, 1.165) is 0 Å². The van der Waals surface area contributed by atoms with Crippen LogP contribution >= 0.6 is 0 Å². The van der Waals surface area contributed by atoms with Gasteiger partial charge in [-0.2, -0.15) is 5.26 Å². The molecule has 0 aliphatic rings. The van der Waals surface area contributed by atoms with Crippen LogP contribution in [0.2, 0.25) is 0 Å². The van der Waals surface area contributed by atoms with E-state index in [4.69, 9.17) is 10.00 Å². The predicted octanol–water partition coefficient (Wildman–Crippen LogP) is 1.33. The normalized spacial score (nSPS) is 9.07. The molecule has 1 aromatic rings. The second kappa shape index (κ2) is 5.60. The summed E-state index contributed by atoms with van der Waals surface area (Å²) in [6.45, 7) is 2.41. The molecule has 1 aromatic heterocycles. The summed E-state index contributed by atoms with van der Waals surface area (Å²) in [7, 11) is 0. The zero-order chi connectivity index (χ0) is 11.1. The van der Waals surface area contributed by atoms with Gasteiger partial charge in [-0.05, 0) is 13.0 Å². The first-order chi connectivity index (χ1) is 7.26. The fourth-order valence-corrected chi connectivity index (χ4v) is 0.964. The average Bonchev–Trinajstić information content (AvgIpc) is 2.22. The Morgan fingerprint density at radius 1 is 1.67 bits per heavy atom. The monoisotopic (exact) mass is 205 g/mol. The number of amides is 1. The second-order valence-electron chi connectivity index (χ2n) is 2.70. The minimum atomic E-state index is -0.344. The molecule has 0 spiro atoms. The fraction of sp³-hybridized carbons (Fsp3) is 0.300. The van der Waals surface area contributed by atoms with Crippen LogP contribution in [-0.2, 0) is 4.79 Å². The van der Waals surface area contributed by atoms with Crippen molar-refractivity contribution in [2.75, 3.05) is 11.9 Å². The highest BCUT2D eigenvalue weighted by molar-refractivity contribution is 5.91. The summed E-state index contributed by atoms with van der Waals surface area (Å²) >= 11 is 0. The summed E-state index contributed by atoms with van der Waals surface area (Å²) in [5.74, 6) is 0.166. The van der Waals surface area contributed by atoms with Crippen molar-refractivity contribution in [2.24, 2.45) is 0 Å². The molecule has 0 aliphatic heterocycles. The van der Waals surface area contributed by atoms with Crippen molar-refractivity contribution in [3.8, 4) is 11.9 Å². The quantitative estimate of drug-likeness (QED) is 0.804. The summed E-state index contributed by atoms with van der Waals surface area (Å²) in [6.07, 6.45) is 1.33. The molecule has 15 heavy (non-hydrogen) atoms. The molecule has 1 rings (SSSR count). The number of rotatable bonds is 4. The Morgan fingerprint density at radius 2 is 2.47 bits per heavy atom. The standard InChI is InChI=1S/C10H11N3O2/c1-2-15-10-4-3-8(7-12-10)13-9(14)5-6-11/h3-4,7H,2,5H2,1H3,(H,13,14). The number of anilines is 1. The van der Waals surface area contributed by atoms with Crippen LogP contribution in [0.15, 0.2) is 18.3 Å². The lowest BCUT2D eigenvalue weighted by Gasteiger charge is -2.04. The van der Waals surface area contributed by atoms with E-state index in [2.05, 4.69) is 10.3 Å². The van der Waals surface area contributed by atoms with Crippen molar-refractivity contribution in [1.29, 1.82) is 5.26 Å². The van der Waals surface area contributed by atoms with E-state index < -0.39 is 0 Å². The van der Waals surface area contributed by atoms with Crippen LogP contribution in [0.5, 0.6) is 5.88 Å². The van der Waals surface area contributed by atoms with Gasteiger partial charge in [0.05, 0.1) is 24.6 Å². The molecule has 0 fully saturated rings. The van der Waals surface area contributed by atoms with Gasteiger partial charge in [-0.1, -0.05) is 0 Å². The van der Waals surface area contributed by atoms with E-state index in [1.807, 2.05) is 6.92 Å². The van der Waals surface area contributed by atoms with Gasteiger partial charge < -0.3 is 10.1 Å². The molecule has 0 bridgehead atoms. The first-order valence-electron chi connectivity index (χ1n) is 4.52. The summed E-state index contributed by atoms with van der Waals surface area (Å²) in [5, 5.41) is 10.8. The third-order valence-electron chi connectivity index (χ3n) is 1.55. The maximum atomic E-state index is 11.0. The Morgan fingerprint density at radius 3 is 3.00 bits per heavy atom. The summed E-state index contributed by atoms with van der Waals surface area (Å²) in [4.78, 5) is 15.0. The number of nitrogens with one attached hydrogen (secondary N) is 1. The molecule has 78 valence electrons. The van der Waals surface area contributed by atoms with Gasteiger partial charge in [-0.3, -0.25) is 4.79 Å². The van der Waals surface area contributed by atoms with Gasteiger partial charge in [0, 0.05) is 6.07 Å². The van der Waals surface area contributed by atoms with E-state index in [-0.39, 0.29) is 12.3 Å². The van der Waals surface area contributed by atoms with Gasteiger partial charge in [-0.15, -0.1) is 0 Å². The molecule has 0 saturated heterocycles. The first-order valence-corrected chi connectivity index (χ1v) is 4.52. The molecule has 1 heterocycles. The third-order valence-corrected chi connectivity index (χ3v) is 1.55. The maximum Gasteiger partial charge on any atom is 0.238 e. The van der Waals surface area contributed by atoms with Crippen LogP contribution in [0.4, 0.5) is 5.69 Å². The van der Waals surface area contributed by atoms with Crippen molar-refractivity contribution in [3.63, 3.8) is 0 Å². The molecule has 0 saturated carbocycles. The van der Waals surface area contributed by atoms with Gasteiger partial charge in [0.2, 0.25) is 11.8 Å². The summed E-state index contributed by atoms with van der Waals surface area (Å²) in [5.41, 5.74) is 0.554. The SMILES string of the molecule is CCOc1ccc(NC(=O)CC#N)cn1. The first kappa shape index (κ1) is 11.0. The zero-order valence-electron chi connectivity index (χ0n) is 8.36. The van der Waals surface area contributed by atoms with Crippen molar-refractivity contribution in [2.45, 2.75) is 13.3 Å². The number of pyridine rings is 1. The van der Waals surface area contributed by atoms with Gasteiger partial charge in [0.15, 0.2) is 0 Å². The van der Waals surface area contributed by atoms with Crippen molar-refractivity contribution in [1.82, 2.24) is 4.98 Å². The molecule has 0 aliphatic carbocycles. The average molecular weight is 205 g/mol. The highest BCUT2D eigenvalue weighted by Gasteiger charge is 2.01. The molecule has 0 unspecified atom stereocenters. The van der Waals surface area contributed by atoms with E-state index in [9.17, 15) is 4.79 Å². The van der Waals surface area contributed by atoms with Crippen molar-refractivity contribution in [3.05, 3.63) is 18.3 Å². The highest BCUT2D eigenvalue weighted by Crippen LogP contribution is 2.11. The van der Waals surface area contributed by atoms with Crippen molar-refractivity contribution >= 4 is 11.6 Å². The van der Waals surface area contributed by atoms with Crippen LogP contribution in [0.25, 0.3) is 0 Å². The number of carbonyl (C=O) groups excluding carboxylic acids is 1. The highest BCUT2D eigenvalue weighted by atomic mass is 16.5. The van der Waals surface area contributed by atoms with E-state index >= 15 is 0 Å². The number of aromatic nitrogens is 1. The minimum absolute atomic E-state index is 0.160. The molecule has 0 aromatic carbocycles. The number of hydrogen-bond donors (Lipinski definition) is 1. The molecular formula is C10H11N3O2. The van der Waals surface area contributed by atoms with Crippen LogP contribution in [-0.4, -0.2) is 17.5 Å². The molecular weight excluding hydrogens is 194 g/mol.